The molecule has 0 saturated carbocycles. The normalized spacial score (nSPS) is 20.6. The van der Waals surface area contributed by atoms with Crippen molar-refractivity contribution in [1.82, 2.24) is 4.90 Å². The summed E-state index contributed by atoms with van der Waals surface area (Å²) in [6.45, 7) is 2.45. The van der Waals surface area contributed by atoms with Crippen LogP contribution in [0.3, 0.4) is 0 Å². The van der Waals surface area contributed by atoms with Crippen LogP contribution >= 0.6 is 12.4 Å². The Bertz CT molecular complexity index is 422. The van der Waals surface area contributed by atoms with E-state index in [1.165, 1.54) is 12.1 Å². The van der Waals surface area contributed by atoms with Gasteiger partial charge >= 0.3 is 0 Å². The first kappa shape index (κ1) is 15.9. The van der Waals surface area contributed by atoms with Gasteiger partial charge in [-0.1, -0.05) is 12.1 Å². The molecule has 1 amide bonds. The van der Waals surface area contributed by atoms with Gasteiger partial charge in [-0.25, -0.2) is 4.39 Å². The van der Waals surface area contributed by atoms with E-state index in [4.69, 9.17) is 5.73 Å². The van der Waals surface area contributed by atoms with Crippen molar-refractivity contribution in [3.8, 4) is 0 Å². The van der Waals surface area contributed by atoms with Crippen molar-refractivity contribution >= 4 is 18.3 Å². The summed E-state index contributed by atoms with van der Waals surface area (Å²) in [5.74, 6) is -0.274. The number of carbonyl (C=O) groups is 1. The molecule has 106 valence electrons. The molecule has 1 aliphatic rings. The summed E-state index contributed by atoms with van der Waals surface area (Å²) in [7, 11) is 0. The molecule has 1 fully saturated rings. The molecule has 1 saturated heterocycles. The summed E-state index contributed by atoms with van der Waals surface area (Å²) >= 11 is 0. The molecule has 0 aliphatic carbocycles. The van der Waals surface area contributed by atoms with Crippen molar-refractivity contribution in [3.63, 3.8) is 0 Å². The van der Waals surface area contributed by atoms with Crippen LogP contribution in [0.5, 0.6) is 0 Å². The summed E-state index contributed by atoms with van der Waals surface area (Å²) in [5, 5.41) is 0. The Kier molecular flexibility index (Phi) is 5.76. The van der Waals surface area contributed by atoms with Gasteiger partial charge in [0.05, 0.1) is 12.1 Å². The van der Waals surface area contributed by atoms with Gasteiger partial charge in [0.2, 0.25) is 5.91 Å². The molecular formula is C14H20ClFN2O. The molecule has 5 heteroatoms. The first-order valence-electron chi connectivity index (χ1n) is 6.41. The van der Waals surface area contributed by atoms with Gasteiger partial charge in [0.15, 0.2) is 0 Å². The van der Waals surface area contributed by atoms with Crippen LogP contribution < -0.4 is 5.73 Å². The van der Waals surface area contributed by atoms with E-state index in [1.54, 1.807) is 19.1 Å². The summed E-state index contributed by atoms with van der Waals surface area (Å²) < 4.78 is 12.9. The number of hydrogen-bond acceptors (Lipinski definition) is 2. The van der Waals surface area contributed by atoms with E-state index in [9.17, 15) is 9.18 Å². The van der Waals surface area contributed by atoms with Gasteiger partial charge in [0, 0.05) is 6.54 Å². The number of nitrogens with two attached hydrogens (primary N) is 1. The van der Waals surface area contributed by atoms with Gasteiger partial charge in [0.25, 0.3) is 0 Å². The van der Waals surface area contributed by atoms with Crippen LogP contribution in [-0.4, -0.2) is 23.4 Å². The molecule has 1 aromatic carbocycles. The van der Waals surface area contributed by atoms with Crippen LogP contribution in [0.25, 0.3) is 0 Å². The Balaban J connectivity index is 0.00000180. The molecule has 1 unspecified atom stereocenters. The number of benzene rings is 1. The second-order valence-electron chi connectivity index (χ2n) is 4.88. The molecule has 2 N–H and O–H groups in total. The summed E-state index contributed by atoms with van der Waals surface area (Å²) in [6.07, 6.45) is 3.02. The molecule has 1 aromatic rings. The molecule has 0 radical (unpaired) electrons. The Morgan fingerprint density at radius 1 is 1.37 bits per heavy atom. The monoisotopic (exact) mass is 286 g/mol. The minimum Gasteiger partial charge on any atom is -0.334 e. The lowest BCUT2D eigenvalue weighted by Crippen LogP contribution is -2.46. The van der Waals surface area contributed by atoms with Crippen molar-refractivity contribution in [3.05, 3.63) is 35.6 Å². The lowest BCUT2D eigenvalue weighted by Gasteiger charge is -2.37. The lowest BCUT2D eigenvalue weighted by molar-refractivity contribution is -0.136. The largest absolute Gasteiger partial charge is 0.334 e. The van der Waals surface area contributed by atoms with Crippen molar-refractivity contribution < 1.29 is 9.18 Å². The predicted octanol–water partition coefficient (Wildman–Crippen LogP) is 2.65. The summed E-state index contributed by atoms with van der Waals surface area (Å²) in [6, 6.07) is 5.96. The second kappa shape index (κ2) is 6.87. The zero-order valence-electron chi connectivity index (χ0n) is 11.0. The summed E-state index contributed by atoms with van der Waals surface area (Å²) in [4.78, 5) is 13.9. The first-order valence-corrected chi connectivity index (χ1v) is 6.41. The van der Waals surface area contributed by atoms with E-state index < -0.39 is 6.04 Å². The van der Waals surface area contributed by atoms with E-state index in [0.717, 1.165) is 31.4 Å². The Morgan fingerprint density at radius 2 is 2.00 bits per heavy atom. The van der Waals surface area contributed by atoms with E-state index in [2.05, 4.69) is 0 Å². The average molecular weight is 287 g/mol. The molecule has 0 spiro atoms. The summed E-state index contributed by atoms with van der Waals surface area (Å²) in [5.41, 5.74) is 6.67. The van der Waals surface area contributed by atoms with Crippen molar-refractivity contribution in [2.45, 2.75) is 38.3 Å². The number of likely N-dealkylation sites (tertiary alicyclic amines) is 1. The third kappa shape index (κ3) is 3.67. The van der Waals surface area contributed by atoms with E-state index >= 15 is 0 Å². The van der Waals surface area contributed by atoms with Crippen LogP contribution in [0.4, 0.5) is 4.39 Å². The van der Waals surface area contributed by atoms with E-state index in [1.807, 2.05) is 4.90 Å². The molecule has 3 nitrogen and oxygen atoms in total. The standard InChI is InChI=1S/C14H19FN2O.ClH/c1-10(16)14(18)17-9-3-2-4-13(17)11-5-7-12(15)8-6-11;/h5-8,10,13H,2-4,9,16H2,1H3;1H/t10-,13?;/m1./s1. The molecule has 1 heterocycles. The molecule has 2 atom stereocenters. The SMILES string of the molecule is C[C@@H](N)C(=O)N1CCCCC1c1ccc(F)cc1.Cl. The number of carbonyl (C=O) groups excluding carboxylic acids is 1. The minimum absolute atomic E-state index is 0. The zero-order valence-corrected chi connectivity index (χ0v) is 11.8. The fourth-order valence-corrected chi connectivity index (χ4v) is 2.49. The maximum atomic E-state index is 12.9. The number of nitrogens with zero attached hydrogens (tertiary/aromatic N) is 1. The van der Waals surface area contributed by atoms with Gasteiger partial charge < -0.3 is 10.6 Å². The molecular weight excluding hydrogens is 267 g/mol. The smallest absolute Gasteiger partial charge is 0.239 e. The number of rotatable bonds is 2. The van der Waals surface area contributed by atoms with Gasteiger partial charge in [-0.15, -0.1) is 12.4 Å². The van der Waals surface area contributed by atoms with E-state index in [0.29, 0.717) is 0 Å². The van der Waals surface area contributed by atoms with Crippen molar-refractivity contribution in [1.29, 1.82) is 0 Å². The van der Waals surface area contributed by atoms with Gasteiger partial charge in [-0.05, 0) is 43.9 Å². The quantitative estimate of drug-likeness (QED) is 0.908. The number of hydrogen-bond donors (Lipinski definition) is 1. The molecule has 1 aliphatic heterocycles. The van der Waals surface area contributed by atoms with Crippen molar-refractivity contribution in [2.24, 2.45) is 5.73 Å². The molecule has 0 bridgehead atoms. The van der Waals surface area contributed by atoms with Crippen molar-refractivity contribution in [2.75, 3.05) is 6.54 Å². The number of halogens is 2. The highest BCUT2D eigenvalue weighted by molar-refractivity contribution is 5.85. The third-order valence-corrected chi connectivity index (χ3v) is 3.43. The Morgan fingerprint density at radius 3 is 2.58 bits per heavy atom. The van der Waals surface area contributed by atoms with Gasteiger partial charge in [-0.3, -0.25) is 4.79 Å². The van der Waals surface area contributed by atoms with Crippen LogP contribution in [-0.2, 0) is 4.79 Å². The maximum absolute atomic E-state index is 12.9. The zero-order chi connectivity index (χ0) is 13.1. The van der Waals surface area contributed by atoms with Gasteiger partial charge in [-0.2, -0.15) is 0 Å². The Hall–Kier alpha value is -1.13. The van der Waals surface area contributed by atoms with E-state index in [-0.39, 0.29) is 30.2 Å². The van der Waals surface area contributed by atoms with Crippen LogP contribution in [0.15, 0.2) is 24.3 Å². The first-order chi connectivity index (χ1) is 8.59. The maximum Gasteiger partial charge on any atom is 0.239 e. The number of piperidine rings is 1. The number of amides is 1. The highest BCUT2D eigenvalue weighted by atomic mass is 35.5. The van der Waals surface area contributed by atoms with Crippen LogP contribution in [0, 0.1) is 5.82 Å². The highest BCUT2D eigenvalue weighted by Gasteiger charge is 2.29. The minimum atomic E-state index is -0.481. The van der Waals surface area contributed by atoms with Gasteiger partial charge in [0.1, 0.15) is 5.82 Å². The fraction of sp³-hybridized carbons (Fsp3) is 0.500. The molecule has 2 rings (SSSR count). The molecule has 0 aromatic heterocycles. The average Bonchev–Trinajstić information content (AvgIpc) is 2.39. The topological polar surface area (TPSA) is 46.3 Å². The Labute approximate surface area is 119 Å². The predicted molar refractivity (Wildman–Crippen MR) is 75.6 cm³/mol. The highest BCUT2D eigenvalue weighted by Crippen LogP contribution is 2.31. The second-order valence-corrected chi connectivity index (χ2v) is 4.88. The van der Waals surface area contributed by atoms with Crippen LogP contribution in [0.2, 0.25) is 0 Å². The fourth-order valence-electron chi connectivity index (χ4n) is 2.49. The molecule has 19 heavy (non-hydrogen) atoms. The lowest BCUT2D eigenvalue weighted by atomic mass is 9.94. The van der Waals surface area contributed by atoms with Crippen LogP contribution in [0.1, 0.15) is 37.8 Å². The third-order valence-electron chi connectivity index (χ3n) is 3.43.